The quantitative estimate of drug-likeness (QED) is 0.632. The summed E-state index contributed by atoms with van der Waals surface area (Å²) in [6, 6.07) is 1.37. The molecule has 1 fully saturated rings. The third kappa shape index (κ3) is 2.69. The summed E-state index contributed by atoms with van der Waals surface area (Å²) >= 11 is 0. The Hall–Kier alpha value is -2.22. The third-order valence-corrected chi connectivity index (χ3v) is 3.31. The van der Waals surface area contributed by atoms with Crippen LogP contribution in [-0.4, -0.2) is 39.7 Å². The first-order valence-electron chi connectivity index (χ1n) is 6.15. The molecule has 1 aromatic rings. The molecule has 0 bridgehead atoms. The highest BCUT2D eigenvalue weighted by Gasteiger charge is 2.41. The number of carboxylic acids is 1. The van der Waals surface area contributed by atoms with Crippen LogP contribution in [-0.2, 0) is 9.53 Å². The lowest BCUT2D eigenvalue weighted by Crippen LogP contribution is -2.50. The Morgan fingerprint density at radius 1 is 1.55 bits per heavy atom. The number of carboxylic acid groups (broad SMARTS) is 1. The third-order valence-electron chi connectivity index (χ3n) is 3.31. The number of aromatic nitrogens is 1. The van der Waals surface area contributed by atoms with Gasteiger partial charge in [-0.25, -0.2) is 9.78 Å². The summed E-state index contributed by atoms with van der Waals surface area (Å²) in [6.45, 7) is 2.27. The highest BCUT2D eigenvalue weighted by Crippen LogP contribution is 2.30. The molecule has 8 heteroatoms. The van der Waals surface area contributed by atoms with E-state index in [9.17, 15) is 20.0 Å². The Morgan fingerprint density at radius 2 is 2.20 bits per heavy atom. The Morgan fingerprint density at radius 3 is 2.75 bits per heavy atom. The van der Waals surface area contributed by atoms with E-state index in [0.29, 0.717) is 18.8 Å². The summed E-state index contributed by atoms with van der Waals surface area (Å²) in [4.78, 5) is 25.9. The second kappa shape index (κ2) is 5.41. The molecule has 0 radical (unpaired) electrons. The minimum Gasteiger partial charge on any atom is -0.480 e. The summed E-state index contributed by atoms with van der Waals surface area (Å²) in [5.41, 5.74) is -0.860. The average Bonchev–Trinajstić information content (AvgIpc) is 2.41. The molecule has 20 heavy (non-hydrogen) atoms. The van der Waals surface area contributed by atoms with Gasteiger partial charge in [-0.3, -0.25) is 10.1 Å². The van der Waals surface area contributed by atoms with Gasteiger partial charge >= 0.3 is 11.7 Å². The van der Waals surface area contributed by atoms with E-state index in [0.717, 1.165) is 0 Å². The highest BCUT2D eigenvalue weighted by atomic mass is 16.6. The number of aryl methyl sites for hydroxylation is 1. The van der Waals surface area contributed by atoms with Crippen LogP contribution in [0.1, 0.15) is 18.4 Å². The number of aliphatic carboxylic acids is 1. The van der Waals surface area contributed by atoms with Crippen LogP contribution in [0.3, 0.4) is 0 Å². The van der Waals surface area contributed by atoms with E-state index >= 15 is 0 Å². The number of hydrogen-bond acceptors (Lipinski definition) is 6. The van der Waals surface area contributed by atoms with Crippen LogP contribution < -0.4 is 5.32 Å². The van der Waals surface area contributed by atoms with Gasteiger partial charge in [0.1, 0.15) is 5.54 Å². The van der Waals surface area contributed by atoms with Gasteiger partial charge in [0.25, 0.3) is 0 Å². The first-order valence-corrected chi connectivity index (χ1v) is 6.15. The molecule has 0 spiro atoms. The first-order chi connectivity index (χ1) is 9.44. The van der Waals surface area contributed by atoms with Crippen molar-refractivity contribution in [2.24, 2.45) is 0 Å². The zero-order valence-electron chi connectivity index (χ0n) is 11.0. The predicted octanol–water partition coefficient (Wildman–Crippen LogP) is 1.34. The van der Waals surface area contributed by atoms with Crippen LogP contribution in [0.4, 0.5) is 11.5 Å². The topological polar surface area (TPSA) is 115 Å². The molecule has 0 aromatic carbocycles. The fourth-order valence-corrected chi connectivity index (χ4v) is 2.13. The molecule has 0 saturated carbocycles. The predicted molar refractivity (Wildman–Crippen MR) is 69.7 cm³/mol. The molecule has 108 valence electrons. The fourth-order valence-electron chi connectivity index (χ4n) is 2.13. The van der Waals surface area contributed by atoms with Crippen molar-refractivity contribution in [3.05, 3.63) is 27.9 Å². The van der Waals surface area contributed by atoms with Crippen molar-refractivity contribution in [1.82, 2.24) is 4.98 Å². The van der Waals surface area contributed by atoms with Crippen LogP contribution in [0.25, 0.3) is 0 Å². The first kappa shape index (κ1) is 14.2. The van der Waals surface area contributed by atoms with Crippen LogP contribution in [0.5, 0.6) is 0 Å². The lowest BCUT2D eigenvalue weighted by Gasteiger charge is -2.34. The summed E-state index contributed by atoms with van der Waals surface area (Å²) in [5.74, 6) is -1.08. The smallest absolute Gasteiger partial charge is 0.329 e. The lowest BCUT2D eigenvalue weighted by atomic mass is 9.90. The van der Waals surface area contributed by atoms with Crippen molar-refractivity contribution >= 4 is 17.5 Å². The van der Waals surface area contributed by atoms with Crippen molar-refractivity contribution in [2.45, 2.75) is 25.3 Å². The number of hydrogen-bond donors (Lipinski definition) is 2. The summed E-state index contributed by atoms with van der Waals surface area (Å²) in [7, 11) is 0. The van der Waals surface area contributed by atoms with Gasteiger partial charge in [0.2, 0.25) is 5.82 Å². The van der Waals surface area contributed by atoms with Gasteiger partial charge in [-0.2, -0.15) is 0 Å². The van der Waals surface area contributed by atoms with Crippen molar-refractivity contribution in [1.29, 1.82) is 0 Å². The molecule has 1 aliphatic heterocycles. The van der Waals surface area contributed by atoms with Gasteiger partial charge in [0.05, 0.1) is 4.92 Å². The zero-order chi connectivity index (χ0) is 14.8. The largest absolute Gasteiger partial charge is 0.480 e. The number of rotatable bonds is 4. The number of nitrogens with zero attached hydrogens (tertiary/aromatic N) is 2. The van der Waals surface area contributed by atoms with E-state index in [-0.39, 0.29) is 24.3 Å². The molecular weight excluding hydrogens is 266 g/mol. The van der Waals surface area contributed by atoms with E-state index in [1.54, 1.807) is 6.92 Å². The molecule has 1 aromatic heterocycles. The zero-order valence-corrected chi connectivity index (χ0v) is 11.0. The molecule has 1 aliphatic rings. The van der Waals surface area contributed by atoms with Crippen LogP contribution >= 0.6 is 0 Å². The van der Waals surface area contributed by atoms with Gasteiger partial charge < -0.3 is 15.2 Å². The molecule has 8 nitrogen and oxygen atoms in total. The van der Waals surface area contributed by atoms with Crippen molar-refractivity contribution in [3.63, 3.8) is 0 Å². The van der Waals surface area contributed by atoms with Crippen LogP contribution in [0, 0.1) is 17.0 Å². The van der Waals surface area contributed by atoms with Gasteiger partial charge in [0, 0.05) is 38.3 Å². The number of carbonyl (C=O) groups is 1. The number of ether oxygens (including phenoxy) is 1. The SMILES string of the molecule is Cc1cnc(NC2(C(=O)O)CCOCC2)c([N+](=O)[O-])c1. The van der Waals surface area contributed by atoms with Gasteiger partial charge in [-0.15, -0.1) is 0 Å². The minimum absolute atomic E-state index is 0.0232. The molecule has 2 heterocycles. The lowest BCUT2D eigenvalue weighted by molar-refractivity contribution is -0.384. The molecular formula is C12H15N3O5. The van der Waals surface area contributed by atoms with Gasteiger partial charge in [-0.1, -0.05) is 0 Å². The molecule has 2 rings (SSSR count). The van der Waals surface area contributed by atoms with Gasteiger partial charge in [-0.05, 0) is 12.5 Å². The normalized spacial score (nSPS) is 17.4. The van der Waals surface area contributed by atoms with E-state index in [4.69, 9.17) is 4.74 Å². The summed E-state index contributed by atoms with van der Waals surface area (Å²) in [5, 5.41) is 23.2. The molecule has 0 atom stereocenters. The molecule has 0 unspecified atom stereocenters. The van der Waals surface area contributed by atoms with E-state index < -0.39 is 16.4 Å². The Labute approximate surface area is 114 Å². The second-order valence-electron chi connectivity index (χ2n) is 4.76. The Kier molecular flexibility index (Phi) is 3.84. The fraction of sp³-hybridized carbons (Fsp3) is 0.500. The standard InChI is InChI=1S/C12H15N3O5/c1-8-6-9(15(18)19)10(13-7-8)14-12(11(16)17)2-4-20-5-3-12/h6-7H,2-5H2,1H3,(H,13,14)(H,16,17). The Bertz CT molecular complexity index is 540. The van der Waals surface area contributed by atoms with Crippen molar-refractivity contribution in [2.75, 3.05) is 18.5 Å². The molecule has 2 N–H and O–H groups in total. The highest BCUT2D eigenvalue weighted by molar-refractivity contribution is 5.83. The monoisotopic (exact) mass is 281 g/mol. The summed E-state index contributed by atoms with van der Waals surface area (Å²) < 4.78 is 5.15. The Balaban J connectivity index is 2.36. The van der Waals surface area contributed by atoms with Crippen molar-refractivity contribution < 1.29 is 19.6 Å². The van der Waals surface area contributed by atoms with Crippen LogP contribution in [0.15, 0.2) is 12.3 Å². The number of pyridine rings is 1. The second-order valence-corrected chi connectivity index (χ2v) is 4.76. The maximum absolute atomic E-state index is 11.5. The maximum Gasteiger partial charge on any atom is 0.329 e. The molecule has 1 saturated heterocycles. The van der Waals surface area contributed by atoms with E-state index in [2.05, 4.69) is 10.3 Å². The number of nitro groups is 1. The molecule has 0 aliphatic carbocycles. The minimum atomic E-state index is -1.27. The van der Waals surface area contributed by atoms with E-state index in [1.165, 1.54) is 12.3 Å². The van der Waals surface area contributed by atoms with Crippen LogP contribution in [0.2, 0.25) is 0 Å². The van der Waals surface area contributed by atoms with Gasteiger partial charge in [0.15, 0.2) is 0 Å². The number of nitrogens with one attached hydrogen (secondary N) is 1. The van der Waals surface area contributed by atoms with Crippen molar-refractivity contribution in [3.8, 4) is 0 Å². The average molecular weight is 281 g/mol. The maximum atomic E-state index is 11.5. The number of anilines is 1. The van der Waals surface area contributed by atoms with E-state index in [1.807, 2.05) is 0 Å². The molecule has 0 amide bonds. The summed E-state index contributed by atoms with van der Waals surface area (Å²) in [6.07, 6.45) is 1.92.